The summed E-state index contributed by atoms with van der Waals surface area (Å²) in [5, 5.41) is 3.49. The van der Waals surface area contributed by atoms with Crippen LogP contribution in [0.25, 0.3) is 0 Å². The van der Waals surface area contributed by atoms with Crippen molar-refractivity contribution in [3.8, 4) is 5.75 Å². The molecule has 1 heterocycles. The molecule has 0 aromatic heterocycles. The van der Waals surface area contributed by atoms with E-state index in [1.807, 2.05) is 4.90 Å². The van der Waals surface area contributed by atoms with Gasteiger partial charge in [0.15, 0.2) is 0 Å². The molecule has 0 radical (unpaired) electrons. The number of amides is 2. The lowest BCUT2D eigenvalue weighted by atomic mass is 10.0. The van der Waals surface area contributed by atoms with Crippen LogP contribution in [0.15, 0.2) is 18.2 Å². The molecule has 110 valence electrons. The molecule has 1 aromatic rings. The van der Waals surface area contributed by atoms with Crippen LogP contribution in [0.3, 0.4) is 0 Å². The Morgan fingerprint density at radius 3 is 3.00 bits per heavy atom. The van der Waals surface area contributed by atoms with Gasteiger partial charge in [0, 0.05) is 17.6 Å². The summed E-state index contributed by atoms with van der Waals surface area (Å²) in [4.78, 5) is 14.4. The number of piperidine rings is 1. The Kier molecular flexibility index (Phi) is 5.12. The third-order valence-corrected chi connectivity index (χ3v) is 4.00. The van der Waals surface area contributed by atoms with Crippen LogP contribution in [-0.4, -0.2) is 30.6 Å². The summed E-state index contributed by atoms with van der Waals surface area (Å²) in [5.74, 6) is 0.618. The van der Waals surface area contributed by atoms with Crippen LogP contribution in [0.1, 0.15) is 32.6 Å². The van der Waals surface area contributed by atoms with Gasteiger partial charge >= 0.3 is 6.03 Å². The maximum atomic E-state index is 12.4. The standard InChI is InChI=1S/C15H21ClN2O2/c1-3-12-6-4-5-9-18(12)15(19)17-13-10-11(16)7-8-14(13)20-2/h7-8,10,12H,3-6,9H2,1-2H3,(H,17,19)/t12-/m1/s1. The third-order valence-electron chi connectivity index (χ3n) is 3.76. The van der Waals surface area contributed by atoms with Crippen LogP contribution in [0.2, 0.25) is 5.02 Å². The lowest BCUT2D eigenvalue weighted by Gasteiger charge is -2.35. The average Bonchev–Trinajstić information content (AvgIpc) is 2.47. The number of benzene rings is 1. The number of hydrogen-bond donors (Lipinski definition) is 1. The van der Waals surface area contributed by atoms with Crippen molar-refractivity contribution in [2.45, 2.75) is 38.6 Å². The first-order valence-electron chi connectivity index (χ1n) is 7.07. The molecule has 2 amide bonds. The number of anilines is 1. The summed E-state index contributed by atoms with van der Waals surface area (Å²) >= 11 is 5.98. The van der Waals surface area contributed by atoms with E-state index in [0.29, 0.717) is 22.5 Å². The minimum absolute atomic E-state index is 0.0721. The highest BCUT2D eigenvalue weighted by Gasteiger charge is 2.25. The van der Waals surface area contributed by atoms with E-state index in [1.165, 1.54) is 6.42 Å². The summed E-state index contributed by atoms with van der Waals surface area (Å²) < 4.78 is 5.25. The first-order chi connectivity index (χ1) is 9.65. The molecule has 2 rings (SSSR count). The van der Waals surface area contributed by atoms with Gasteiger partial charge in [-0.15, -0.1) is 0 Å². The van der Waals surface area contributed by atoms with Gasteiger partial charge in [-0.3, -0.25) is 0 Å². The number of carbonyl (C=O) groups excluding carboxylic acids is 1. The molecule has 1 fully saturated rings. The van der Waals surface area contributed by atoms with Crippen LogP contribution in [0.4, 0.5) is 10.5 Å². The highest BCUT2D eigenvalue weighted by molar-refractivity contribution is 6.31. The van der Waals surface area contributed by atoms with Crippen molar-refractivity contribution < 1.29 is 9.53 Å². The highest BCUT2D eigenvalue weighted by Crippen LogP contribution is 2.29. The van der Waals surface area contributed by atoms with Gasteiger partial charge in [0.25, 0.3) is 0 Å². The molecule has 1 aromatic carbocycles. The van der Waals surface area contributed by atoms with Crippen LogP contribution < -0.4 is 10.1 Å². The second-order valence-electron chi connectivity index (χ2n) is 5.03. The first kappa shape index (κ1) is 15.0. The van der Waals surface area contributed by atoms with Gasteiger partial charge in [0.2, 0.25) is 0 Å². The zero-order valence-electron chi connectivity index (χ0n) is 12.0. The van der Waals surface area contributed by atoms with Gasteiger partial charge in [-0.2, -0.15) is 0 Å². The lowest BCUT2D eigenvalue weighted by Crippen LogP contribution is -2.45. The molecule has 0 bridgehead atoms. The number of urea groups is 1. The van der Waals surface area contributed by atoms with Crippen molar-refractivity contribution in [2.24, 2.45) is 0 Å². The average molecular weight is 297 g/mol. The Morgan fingerprint density at radius 2 is 2.30 bits per heavy atom. The van der Waals surface area contributed by atoms with Crippen LogP contribution in [0, 0.1) is 0 Å². The number of methoxy groups -OCH3 is 1. The number of halogens is 1. The zero-order chi connectivity index (χ0) is 14.5. The van der Waals surface area contributed by atoms with Crippen molar-refractivity contribution in [1.82, 2.24) is 4.90 Å². The number of nitrogens with zero attached hydrogens (tertiary/aromatic N) is 1. The van der Waals surface area contributed by atoms with Crippen LogP contribution in [0.5, 0.6) is 5.75 Å². The van der Waals surface area contributed by atoms with Gasteiger partial charge in [0.05, 0.1) is 12.8 Å². The molecule has 4 nitrogen and oxygen atoms in total. The maximum Gasteiger partial charge on any atom is 0.322 e. The van der Waals surface area contributed by atoms with E-state index in [2.05, 4.69) is 12.2 Å². The number of hydrogen-bond acceptors (Lipinski definition) is 2. The van der Waals surface area contributed by atoms with Gasteiger partial charge < -0.3 is 15.0 Å². The topological polar surface area (TPSA) is 41.6 Å². The van der Waals surface area contributed by atoms with Crippen molar-refractivity contribution in [1.29, 1.82) is 0 Å². The van der Waals surface area contributed by atoms with Gasteiger partial charge in [-0.05, 0) is 43.9 Å². The second kappa shape index (κ2) is 6.84. The summed E-state index contributed by atoms with van der Waals surface area (Å²) in [6.45, 7) is 2.93. The SMILES string of the molecule is CC[C@@H]1CCCCN1C(=O)Nc1cc(Cl)ccc1OC. The van der Waals surface area contributed by atoms with E-state index >= 15 is 0 Å². The normalized spacial score (nSPS) is 18.8. The summed E-state index contributed by atoms with van der Waals surface area (Å²) in [7, 11) is 1.58. The lowest BCUT2D eigenvalue weighted by molar-refractivity contribution is 0.160. The predicted molar refractivity (Wildman–Crippen MR) is 81.7 cm³/mol. The maximum absolute atomic E-state index is 12.4. The van der Waals surface area contributed by atoms with Crippen LogP contribution in [-0.2, 0) is 0 Å². The zero-order valence-corrected chi connectivity index (χ0v) is 12.7. The Balaban J connectivity index is 2.12. The van der Waals surface area contributed by atoms with Gasteiger partial charge in [-0.25, -0.2) is 4.79 Å². The van der Waals surface area contributed by atoms with E-state index in [1.54, 1.807) is 25.3 Å². The molecule has 0 unspecified atom stereocenters. The molecular weight excluding hydrogens is 276 g/mol. The Bertz CT molecular complexity index is 479. The van der Waals surface area contributed by atoms with Crippen molar-refractivity contribution in [3.05, 3.63) is 23.2 Å². The fourth-order valence-corrected chi connectivity index (χ4v) is 2.83. The molecule has 1 saturated heterocycles. The molecule has 1 aliphatic rings. The first-order valence-corrected chi connectivity index (χ1v) is 7.44. The monoisotopic (exact) mass is 296 g/mol. The number of likely N-dealkylation sites (tertiary alicyclic amines) is 1. The van der Waals surface area contributed by atoms with E-state index in [0.717, 1.165) is 25.8 Å². The molecule has 0 saturated carbocycles. The smallest absolute Gasteiger partial charge is 0.322 e. The molecule has 20 heavy (non-hydrogen) atoms. The molecule has 1 atom stereocenters. The van der Waals surface area contributed by atoms with E-state index < -0.39 is 0 Å². The molecule has 0 aliphatic carbocycles. The Hall–Kier alpha value is -1.42. The quantitative estimate of drug-likeness (QED) is 0.910. The minimum atomic E-state index is -0.0721. The number of ether oxygens (including phenoxy) is 1. The second-order valence-corrected chi connectivity index (χ2v) is 5.46. The van der Waals surface area contributed by atoms with E-state index in [9.17, 15) is 4.79 Å². The number of carbonyl (C=O) groups is 1. The summed E-state index contributed by atoms with van der Waals surface area (Å²) in [5.41, 5.74) is 0.616. The third kappa shape index (κ3) is 3.37. The molecule has 1 aliphatic heterocycles. The van der Waals surface area contributed by atoms with E-state index in [4.69, 9.17) is 16.3 Å². The molecular formula is C15H21ClN2O2. The van der Waals surface area contributed by atoms with Crippen molar-refractivity contribution in [3.63, 3.8) is 0 Å². The fraction of sp³-hybridized carbons (Fsp3) is 0.533. The molecule has 0 spiro atoms. The van der Waals surface area contributed by atoms with Crippen LogP contribution >= 0.6 is 11.6 Å². The van der Waals surface area contributed by atoms with Gasteiger partial charge in [0.1, 0.15) is 5.75 Å². The van der Waals surface area contributed by atoms with E-state index in [-0.39, 0.29) is 6.03 Å². The Morgan fingerprint density at radius 1 is 1.50 bits per heavy atom. The Labute approximate surface area is 125 Å². The number of rotatable bonds is 3. The molecule has 1 N–H and O–H groups in total. The fourth-order valence-electron chi connectivity index (χ4n) is 2.66. The largest absolute Gasteiger partial charge is 0.495 e. The molecule has 5 heteroatoms. The predicted octanol–water partition coefficient (Wildman–Crippen LogP) is 4.15. The summed E-state index contributed by atoms with van der Waals surface area (Å²) in [6.07, 6.45) is 4.33. The minimum Gasteiger partial charge on any atom is -0.495 e. The van der Waals surface area contributed by atoms with Crippen molar-refractivity contribution in [2.75, 3.05) is 19.0 Å². The highest BCUT2D eigenvalue weighted by atomic mass is 35.5. The van der Waals surface area contributed by atoms with Gasteiger partial charge in [-0.1, -0.05) is 18.5 Å². The number of nitrogens with one attached hydrogen (secondary N) is 1. The van der Waals surface area contributed by atoms with Crippen molar-refractivity contribution >= 4 is 23.3 Å². The summed E-state index contributed by atoms with van der Waals surface area (Å²) in [6, 6.07) is 5.46.